The standard InChI is InChI=1S/C20H27FN2O5S/c21-17-9-8-16(12-18(17)28-14-15-6-7-15)29(26,27)11-5-3-1-2-4-10-23-13-19(24)22-20(23)25/h8-9,12,15H,1-7,10-11,13-14H2,(H,22,24,25). The van der Waals surface area contributed by atoms with Crippen molar-refractivity contribution in [3.05, 3.63) is 24.0 Å². The minimum atomic E-state index is -3.49. The van der Waals surface area contributed by atoms with E-state index in [4.69, 9.17) is 4.74 Å². The molecular weight excluding hydrogens is 399 g/mol. The second-order valence-electron chi connectivity index (χ2n) is 7.71. The highest BCUT2D eigenvalue weighted by Crippen LogP contribution is 2.31. The molecule has 0 radical (unpaired) electrons. The van der Waals surface area contributed by atoms with E-state index in [1.54, 1.807) is 0 Å². The number of carbonyl (C=O) groups excluding carboxylic acids is 2. The van der Waals surface area contributed by atoms with Crippen molar-refractivity contribution in [3.8, 4) is 5.75 Å². The number of sulfone groups is 1. The summed E-state index contributed by atoms with van der Waals surface area (Å²) < 4.78 is 44.3. The van der Waals surface area contributed by atoms with Crippen LogP contribution in [0.5, 0.6) is 5.75 Å². The highest BCUT2D eigenvalue weighted by molar-refractivity contribution is 7.91. The molecule has 0 spiro atoms. The van der Waals surface area contributed by atoms with Crippen LogP contribution in [0.3, 0.4) is 0 Å². The van der Waals surface area contributed by atoms with E-state index in [1.165, 1.54) is 17.0 Å². The average Bonchev–Trinajstić information content (AvgIpc) is 3.44. The summed E-state index contributed by atoms with van der Waals surface area (Å²) in [7, 11) is -3.49. The van der Waals surface area contributed by atoms with Crippen molar-refractivity contribution in [2.24, 2.45) is 5.92 Å². The summed E-state index contributed by atoms with van der Waals surface area (Å²) in [6, 6.07) is 3.38. The van der Waals surface area contributed by atoms with Gasteiger partial charge in [-0.05, 0) is 43.7 Å². The van der Waals surface area contributed by atoms with Gasteiger partial charge in [-0.3, -0.25) is 10.1 Å². The quantitative estimate of drug-likeness (QED) is 0.315. The number of hydrogen-bond acceptors (Lipinski definition) is 5. The zero-order valence-electron chi connectivity index (χ0n) is 16.4. The summed E-state index contributed by atoms with van der Waals surface area (Å²) in [5, 5.41) is 2.23. The van der Waals surface area contributed by atoms with E-state index in [2.05, 4.69) is 5.32 Å². The summed E-state index contributed by atoms with van der Waals surface area (Å²) in [5.74, 6) is -0.360. The molecule has 1 heterocycles. The van der Waals surface area contributed by atoms with Gasteiger partial charge in [-0.2, -0.15) is 0 Å². The van der Waals surface area contributed by atoms with Crippen molar-refractivity contribution in [1.29, 1.82) is 0 Å². The fraction of sp³-hybridized carbons (Fsp3) is 0.600. The van der Waals surface area contributed by atoms with E-state index < -0.39 is 15.7 Å². The Morgan fingerprint density at radius 2 is 1.83 bits per heavy atom. The number of ether oxygens (including phenoxy) is 1. The van der Waals surface area contributed by atoms with E-state index in [0.717, 1.165) is 44.6 Å². The molecule has 1 saturated heterocycles. The summed E-state index contributed by atoms with van der Waals surface area (Å²) in [6.45, 7) is 1.06. The first-order valence-corrected chi connectivity index (χ1v) is 11.7. The van der Waals surface area contributed by atoms with E-state index in [9.17, 15) is 22.4 Å². The van der Waals surface area contributed by atoms with E-state index in [0.29, 0.717) is 25.5 Å². The molecule has 1 aromatic rings. The Morgan fingerprint density at radius 1 is 1.10 bits per heavy atom. The Labute approximate surface area is 170 Å². The lowest BCUT2D eigenvalue weighted by atomic mass is 10.1. The molecule has 1 aliphatic carbocycles. The van der Waals surface area contributed by atoms with Gasteiger partial charge in [-0.15, -0.1) is 0 Å². The molecular formula is C20H27FN2O5S. The summed E-state index contributed by atoms with van der Waals surface area (Å²) in [6.07, 6.45) is 5.88. The first kappa shape index (κ1) is 21.5. The molecule has 160 valence electrons. The maximum absolute atomic E-state index is 13.8. The van der Waals surface area contributed by atoms with Crippen LogP contribution in [0.4, 0.5) is 9.18 Å². The molecule has 29 heavy (non-hydrogen) atoms. The number of halogens is 1. The lowest BCUT2D eigenvalue weighted by Crippen LogP contribution is -2.29. The van der Waals surface area contributed by atoms with Gasteiger partial charge in [0.2, 0.25) is 5.91 Å². The number of nitrogens with zero attached hydrogens (tertiary/aromatic N) is 1. The topological polar surface area (TPSA) is 92.8 Å². The molecule has 0 atom stereocenters. The Kier molecular flexibility index (Phi) is 7.10. The molecule has 2 aliphatic rings. The molecule has 1 aromatic carbocycles. The minimum absolute atomic E-state index is 0.00223. The van der Waals surface area contributed by atoms with Crippen LogP contribution in [0, 0.1) is 11.7 Å². The Bertz CT molecular complexity index is 854. The molecule has 3 amide bonds. The van der Waals surface area contributed by atoms with Crippen LogP contribution in [0.15, 0.2) is 23.1 Å². The van der Waals surface area contributed by atoms with Crippen LogP contribution in [-0.2, 0) is 14.6 Å². The number of amides is 3. The van der Waals surface area contributed by atoms with Crippen molar-refractivity contribution in [3.63, 3.8) is 0 Å². The van der Waals surface area contributed by atoms with Crippen LogP contribution in [0.1, 0.15) is 44.9 Å². The smallest absolute Gasteiger partial charge is 0.324 e. The zero-order chi connectivity index (χ0) is 20.9. The molecule has 2 fully saturated rings. The van der Waals surface area contributed by atoms with E-state index >= 15 is 0 Å². The Balaban J connectivity index is 1.36. The lowest BCUT2D eigenvalue weighted by molar-refractivity contribution is -0.118. The van der Waals surface area contributed by atoms with Crippen LogP contribution in [0.2, 0.25) is 0 Å². The van der Waals surface area contributed by atoms with Gasteiger partial charge in [-0.1, -0.05) is 19.3 Å². The Hall–Kier alpha value is -2.16. The maximum atomic E-state index is 13.8. The van der Waals surface area contributed by atoms with Crippen molar-refractivity contribution < 1.29 is 27.1 Å². The molecule has 1 saturated carbocycles. The SMILES string of the molecule is O=C1CN(CCCCCCCS(=O)(=O)c2ccc(F)c(OCC3CC3)c2)C(=O)N1. The molecule has 1 aliphatic heterocycles. The number of rotatable bonds is 12. The molecule has 1 N–H and O–H groups in total. The number of unbranched alkanes of at least 4 members (excludes halogenated alkanes) is 4. The molecule has 9 heteroatoms. The summed E-state index contributed by atoms with van der Waals surface area (Å²) >= 11 is 0. The fourth-order valence-corrected chi connectivity index (χ4v) is 4.57. The monoisotopic (exact) mass is 426 g/mol. The minimum Gasteiger partial charge on any atom is -0.490 e. The second-order valence-corrected chi connectivity index (χ2v) is 9.82. The van der Waals surface area contributed by atoms with Crippen molar-refractivity contribution >= 4 is 21.8 Å². The van der Waals surface area contributed by atoms with Gasteiger partial charge in [0.15, 0.2) is 21.4 Å². The van der Waals surface area contributed by atoms with Crippen LogP contribution in [-0.4, -0.2) is 50.7 Å². The van der Waals surface area contributed by atoms with E-state index in [-0.39, 0.29) is 34.9 Å². The third-order valence-electron chi connectivity index (χ3n) is 5.14. The van der Waals surface area contributed by atoms with E-state index in [1.807, 2.05) is 0 Å². The third kappa shape index (κ3) is 6.42. The number of benzene rings is 1. The van der Waals surface area contributed by atoms with Gasteiger partial charge in [-0.25, -0.2) is 17.6 Å². The van der Waals surface area contributed by atoms with Gasteiger partial charge < -0.3 is 9.64 Å². The lowest BCUT2D eigenvalue weighted by Gasteiger charge is -2.12. The normalized spacial score (nSPS) is 16.9. The van der Waals surface area contributed by atoms with Crippen LogP contribution >= 0.6 is 0 Å². The molecule has 0 aromatic heterocycles. The Morgan fingerprint density at radius 3 is 2.52 bits per heavy atom. The summed E-state index contributed by atoms with van der Waals surface area (Å²) in [4.78, 5) is 24.1. The molecule has 0 bridgehead atoms. The number of urea groups is 1. The van der Waals surface area contributed by atoms with Crippen LogP contribution in [0.25, 0.3) is 0 Å². The largest absolute Gasteiger partial charge is 0.490 e. The zero-order valence-corrected chi connectivity index (χ0v) is 17.2. The number of carbonyl (C=O) groups is 2. The highest BCUT2D eigenvalue weighted by Gasteiger charge is 2.26. The average molecular weight is 427 g/mol. The third-order valence-corrected chi connectivity index (χ3v) is 6.94. The van der Waals surface area contributed by atoms with Gasteiger partial charge in [0.05, 0.1) is 17.3 Å². The predicted octanol–water partition coefficient (Wildman–Crippen LogP) is 2.89. The number of imide groups is 1. The van der Waals surface area contributed by atoms with Crippen molar-refractivity contribution in [2.45, 2.75) is 49.8 Å². The van der Waals surface area contributed by atoms with Crippen molar-refractivity contribution in [2.75, 3.05) is 25.4 Å². The first-order chi connectivity index (χ1) is 13.8. The van der Waals surface area contributed by atoms with Gasteiger partial charge in [0.25, 0.3) is 0 Å². The van der Waals surface area contributed by atoms with Gasteiger partial charge in [0, 0.05) is 12.6 Å². The van der Waals surface area contributed by atoms with Gasteiger partial charge in [0.1, 0.15) is 6.54 Å². The summed E-state index contributed by atoms with van der Waals surface area (Å²) in [5.41, 5.74) is 0. The molecule has 7 nitrogen and oxygen atoms in total. The number of nitrogens with one attached hydrogen (secondary N) is 1. The predicted molar refractivity (Wildman–Crippen MR) is 105 cm³/mol. The molecule has 3 rings (SSSR count). The highest BCUT2D eigenvalue weighted by atomic mass is 32.2. The second kappa shape index (κ2) is 9.56. The first-order valence-electron chi connectivity index (χ1n) is 10.1. The van der Waals surface area contributed by atoms with Gasteiger partial charge >= 0.3 is 6.03 Å². The molecule has 0 unspecified atom stereocenters. The van der Waals surface area contributed by atoms with Crippen LogP contribution < -0.4 is 10.1 Å². The fourth-order valence-electron chi connectivity index (χ4n) is 3.19. The number of hydrogen-bond donors (Lipinski definition) is 1. The maximum Gasteiger partial charge on any atom is 0.324 e. The van der Waals surface area contributed by atoms with Crippen molar-refractivity contribution in [1.82, 2.24) is 10.2 Å².